The van der Waals surface area contributed by atoms with Gasteiger partial charge in [-0.25, -0.2) is 0 Å². The summed E-state index contributed by atoms with van der Waals surface area (Å²) in [6, 6.07) is 10.1. The minimum Gasteiger partial charge on any atom is -0.387 e. The van der Waals surface area contributed by atoms with E-state index in [1.54, 1.807) is 12.2 Å². The van der Waals surface area contributed by atoms with E-state index in [1.807, 2.05) is 36.9 Å². The van der Waals surface area contributed by atoms with Gasteiger partial charge in [0.1, 0.15) is 0 Å². The van der Waals surface area contributed by atoms with Crippen molar-refractivity contribution in [3.05, 3.63) is 55.6 Å². The van der Waals surface area contributed by atoms with E-state index in [9.17, 15) is 0 Å². The van der Waals surface area contributed by atoms with Crippen molar-refractivity contribution < 1.29 is 8.85 Å². The van der Waals surface area contributed by atoms with Crippen molar-refractivity contribution in [3.8, 4) is 0 Å². The summed E-state index contributed by atoms with van der Waals surface area (Å²) >= 11 is 0. The Morgan fingerprint density at radius 2 is 1.56 bits per heavy atom. The van der Waals surface area contributed by atoms with Crippen molar-refractivity contribution in [1.29, 1.82) is 0 Å². The highest BCUT2D eigenvalue weighted by atomic mass is 28.4. The summed E-state index contributed by atoms with van der Waals surface area (Å²) in [4.78, 5) is 0. The van der Waals surface area contributed by atoms with Crippen LogP contribution in [0.3, 0.4) is 0 Å². The SMILES string of the molecule is C=CCO[Si](C)(OCC=C)c1ccccc1. The molecule has 0 aliphatic rings. The van der Waals surface area contributed by atoms with Crippen LogP contribution in [0.25, 0.3) is 0 Å². The lowest BCUT2D eigenvalue weighted by atomic mass is 10.4. The Balaban J connectivity index is 2.84. The Bertz CT molecular complexity index is 323. The molecule has 0 heterocycles. The zero-order valence-electron chi connectivity index (χ0n) is 9.69. The van der Waals surface area contributed by atoms with Gasteiger partial charge in [0.2, 0.25) is 0 Å². The molecule has 2 nitrogen and oxygen atoms in total. The van der Waals surface area contributed by atoms with Crippen LogP contribution < -0.4 is 5.19 Å². The van der Waals surface area contributed by atoms with Gasteiger partial charge in [-0.3, -0.25) is 0 Å². The second kappa shape index (κ2) is 6.43. The summed E-state index contributed by atoms with van der Waals surface area (Å²) < 4.78 is 11.6. The van der Waals surface area contributed by atoms with Gasteiger partial charge in [0.15, 0.2) is 0 Å². The van der Waals surface area contributed by atoms with Gasteiger partial charge in [0, 0.05) is 0 Å². The second-order valence-electron chi connectivity index (χ2n) is 3.51. The maximum atomic E-state index is 5.82. The van der Waals surface area contributed by atoms with Crippen molar-refractivity contribution in [2.75, 3.05) is 13.2 Å². The summed E-state index contributed by atoms with van der Waals surface area (Å²) in [6.07, 6.45) is 3.48. The summed E-state index contributed by atoms with van der Waals surface area (Å²) in [5, 5.41) is 1.12. The molecule has 0 fully saturated rings. The lowest BCUT2D eigenvalue weighted by Crippen LogP contribution is -2.51. The van der Waals surface area contributed by atoms with Crippen molar-refractivity contribution >= 4 is 13.7 Å². The summed E-state index contributed by atoms with van der Waals surface area (Å²) in [5.74, 6) is 0. The predicted molar refractivity (Wildman–Crippen MR) is 70.0 cm³/mol. The highest BCUT2D eigenvalue weighted by Gasteiger charge is 2.33. The second-order valence-corrected chi connectivity index (χ2v) is 6.56. The molecule has 0 saturated heterocycles. The van der Waals surface area contributed by atoms with Crippen LogP contribution in [0.4, 0.5) is 0 Å². The van der Waals surface area contributed by atoms with E-state index in [0.717, 1.165) is 5.19 Å². The van der Waals surface area contributed by atoms with Crippen molar-refractivity contribution in [1.82, 2.24) is 0 Å². The first kappa shape index (κ1) is 12.9. The number of rotatable bonds is 7. The minimum absolute atomic E-state index is 0.509. The standard InChI is InChI=1S/C13H18O2Si/c1-4-11-14-16(3,15-12-5-2)13-9-7-6-8-10-13/h4-10H,1-2,11-12H2,3H3. The molecular formula is C13H18O2Si. The molecule has 3 heteroatoms. The molecule has 1 aromatic rings. The van der Waals surface area contributed by atoms with Gasteiger partial charge >= 0.3 is 8.56 Å². The van der Waals surface area contributed by atoms with E-state index in [0.29, 0.717) is 13.2 Å². The fraction of sp³-hybridized carbons (Fsp3) is 0.231. The Kier molecular flexibility index (Phi) is 5.18. The zero-order valence-corrected chi connectivity index (χ0v) is 10.7. The number of benzene rings is 1. The van der Waals surface area contributed by atoms with Crippen molar-refractivity contribution in [2.24, 2.45) is 0 Å². The molecule has 1 aromatic carbocycles. The van der Waals surface area contributed by atoms with Crippen LogP contribution in [0.15, 0.2) is 55.6 Å². The Labute approximate surface area is 98.5 Å². The van der Waals surface area contributed by atoms with Crippen LogP contribution in [0.1, 0.15) is 0 Å². The van der Waals surface area contributed by atoms with Crippen LogP contribution in [0.2, 0.25) is 6.55 Å². The van der Waals surface area contributed by atoms with Crippen molar-refractivity contribution in [3.63, 3.8) is 0 Å². The third kappa shape index (κ3) is 3.45. The molecule has 86 valence electrons. The largest absolute Gasteiger partial charge is 0.387 e. The van der Waals surface area contributed by atoms with Crippen LogP contribution in [0.5, 0.6) is 0 Å². The van der Waals surface area contributed by atoms with Crippen LogP contribution in [-0.4, -0.2) is 21.8 Å². The molecular weight excluding hydrogens is 216 g/mol. The molecule has 0 spiro atoms. The Morgan fingerprint density at radius 3 is 2.00 bits per heavy atom. The van der Waals surface area contributed by atoms with E-state index >= 15 is 0 Å². The zero-order chi connectivity index (χ0) is 11.9. The first-order valence-electron chi connectivity index (χ1n) is 5.28. The quantitative estimate of drug-likeness (QED) is 0.533. The van der Waals surface area contributed by atoms with Gasteiger partial charge in [-0.2, -0.15) is 0 Å². The molecule has 0 atom stereocenters. The average Bonchev–Trinajstić information content (AvgIpc) is 2.35. The van der Waals surface area contributed by atoms with Gasteiger partial charge in [-0.05, 0) is 11.7 Å². The van der Waals surface area contributed by atoms with Gasteiger partial charge in [-0.15, -0.1) is 13.2 Å². The number of hydrogen-bond donors (Lipinski definition) is 0. The molecule has 0 radical (unpaired) electrons. The van der Waals surface area contributed by atoms with E-state index < -0.39 is 8.56 Å². The normalized spacial score (nSPS) is 11.1. The van der Waals surface area contributed by atoms with Crippen LogP contribution >= 0.6 is 0 Å². The first-order valence-corrected chi connectivity index (χ1v) is 7.60. The molecule has 1 rings (SSSR count). The third-order valence-corrected chi connectivity index (χ3v) is 5.07. The van der Waals surface area contributed by atoms with Gasteiger partial charge < -0.3 is 8.85 Å². The topological polar surface area (TPSA) is 18.5 Å². The van der Waals surface area contributed by atoms with Crippen LogP contribution in [-0.2, 0) is 8.85 Å². The highest BCUT2D eigenvalue weighted by molar-refractivity contribution is 6.79. The molecule has 0 aliphatic carbocycles. The molecule has 0 amide bonds. The Morgan fingerprint density at radius 1 is 1.06 bits per heavy atom. The maximum Gasteiger partial charge on any atom is 0.369 e. The predicted octanol–water partition coefficient (Wildman–Crippen LogP) is 2.37. The average molecular weight is 234 g/mol. The summed E-state index contributed by atoms with van der Waals surface area (Å²) in [5.41, 5.74) is 0. The van der Waals surface area contributed by atoms with Gasteiger partial charge in [0.05, 0.1) is 13.2 Å². The summed E-state index contributed by atoms with van der Waals surface area (Å²) in [7, 11) is -2.31. The lowest BCUT2D eigenvalue weighted by Gasteiger charge is -2.26. The number of hydrogen-bond acceptors (Lipinski definition) is 2. The van der Waals surface area contributed by atoms with E-state index in [2.05, 4.69) is 13.2 Å². The molecule has 0 aliphatic heterocycles. The van der Waals surface area contributed by atoms with Gasteiger partial charge in [-0.1, -0.05) is 42.5 Å². The highest BCUT2D eigenvalue weighted by Crippen LogP contribution is 2.08. The van der Waals surface area contributed by atoms with E-state index in [4.69, 9.17) is 8.85 Å². The molecule has 0 unspecified atom stereocenters. The van der Waals surface area contributed by atoms with Crippen LogP contribution in [0, 0.1) is 0 Å². The van der Waals surface area contributed by atoms with E-state index in [-0.39, 0.29) is 0 Å². The molecule has 0 N–H and O–H groups in total. The minimum atomic E-state index is -2.31. The monoisotopic (exact) mass is 234 g/mol. The molecule has 16 heavy (non-hydrogen) atoms. The van der Waals surface area contributed by atoms with Crippen molar-refractivity contribution in [2.45, 2.75) is 6.55 Å². The van der Waals surface area contributed by atoms with E-state index in [1.165, 1.54) is 0 Å². The molecule has 0 aromatic heterocycles. The van der Waals surface area contributed by atoms with Gasteiger partial charge in [0.25, 0.3) is 0 Å². The lowest BCUT2D eigenvalue weighted by molar-refractivity contribution is 0.221. The summed E-state index contributed by atoms with van der Waals surface area (Å²) in [6.45, 7) is 10.4. The molecule has 0 saturated carbocycles. The molecule has 0 bridgehead atoms. The maximum absolute atomic E-state index is 5.82. The first-order chi connectivity index (χ1) is 7.73. The fourth-order valence-electron chi connectivity index (χ4n) is 1.39. The third-order valence-electron chi connectivity index (χ3n) is 2.25. The Hall–Kier alpha value is -1.16. The smallest absolute Gasteiger partial charge is 0.369 e. The fourth-order valence-corrected chi connectivity index (χ4v) is 3.47.